The lowest BCUT2D eigenvalue weighted by atomic mass is 9.96. The predicted molar refractivity (Wildman–Crippen MR) is 89.1 cm³/mol. The monoisotopic (exact) mass is 336 g/mol. The van der Waals surface area contributed by atoms with Crippen LogP contribution in [0.1, 0.15) is 36.5 Å². The van der Waals surface area contributed by atoms with Gasteiger partial charge >= 0.3 is 0 Å². The highest BCUT2D eigenvalue weighted by atomic mass is 19.1. The minimum Gasteiger partial charge on any atom is -0.382 e. The van der Waals surface area contributed by atoms with Gasteiger partial charge in [0.05, 0.1) is 5.92 Å². The van der Waals surface area contributed by atoms with Crippen LogP contribution in [-0.2, 0) is 9.53 Å². The van der Waals surface area contributed by atoms with Gasteiger partial charge in [0.1, 0.15) is 5.82 Å². The molecule has 24 heavy (non-hydrogen) atoms. The molecule has 1 aromatic carbocycles. The highest BCUT2D eigenvalue weighted by molar-refractivity contribution is 5.94. The van der Waals surface area contributed by atoms with Gasteiger partial charge in [-0.1, -0.05) is 0 Å². The Morgan fingerprint density at radius 2 is 2.08 bits per heavy atom. The molecule has 0 aromatic heterocycles. The molecule has 0 aliphatic carbocycles. The van der Waals surface area contributed by atoms with Gasteiger partial charge < -0.3 is 15.0 Å². The number of halogens is 1. The molecule has 1 fully saturated rings. The zero-order chi connectivity index (χ0) is 17.4. The summed E-state index contributed by atoms with van der Waals surface area (Å²) < 4.78 is 18.2. The lowest BCUT2D eigenvalue weighted by Gasteiger charge is -2.32. The minimum absolute atomic E-state index is 0.0110. The topological polar surface area (TPSA) is 58.6 Å². The lowest BCUT2D eigenvalue weighted by Crippen LogP contribution is -2.45. The molecule has 2 amide bonds. The fraction of sp³-hybridized carbons (Fsp3) is 0.556. The van der Waals surface area contributed by atoms with Crippen molar-refractivity contribution in [2.24, 2.45) is 5.92 Å². The highest BCUT2D eigenvalue weighted by Crippen LogP contribution is 2.19. The maximum absolute atomic E-state index is 13.0. The molecule has 132 valence electrons. The van der Waals surface area contributed by atoms with Crippen LogP contribution in [0.5, 0.6) is 0 Å². The first kappa shape index (κ1) is 18.4. The van der Waals surface area contributed by atoms with E-state index in [2.05, 4.69) is 5.32 Å². The molecule has 1 aliphatic rings. The van der Waals surface area contributed by atoms with Crippen molar-refractivity contribution < 1.29 is 18.7 Å². The van der Waals surface area contributed by atoms with E-state index in [1.165, 1.54) is 24.3 Å². The summed E-state index contributed by atoms with van der Waals surface area (Å²) in [5.74, 6) is -0.711. The second kappa shape index (κ2) is 9.37. The number of nitrogens with one attached hydrogen (secondary N) is 1. The van der Waals surface area contributed by atoms with Crippen LogP contribution in [0, 0.1) is 11.7 Å². The molecule has 1 N–H and O–H groups in total. The third-order valence-electron chi connectivity index (χ3n) is 4.14. The lowest BCUT2D eigenvalue weighted by molar-refractivity contribution is -0.126. The first-order chi connectivity index (χ1) is 11.6. The second-order valence-corrected chi connectivity index (χ2v) is 5.94. The van der Waals surface area contributed by atoms with Crippen LogP contribution in [0.3, 0.4) is 0 Å². The van der Waals surface area contributed by atoms with Crippen LogP contribution >= 0.6 is 0 Å². The van der Waals surface area contributed by atoms with Gasteiger partial charge in [0, 0.05) is 38.4 Å². The molecule has 1 aliphatic heterocycles. The van der Waals surface area contributed by atoms with Gasteiger partial charge in [-0.2, -0.15) is 0 Å². The fourth-order valence-electron chi connectivity index (χ4n) is 2.83. The van der Waals surface area contributed by atoms with Gasteiger partial charge in [0.25, 0.3) is 5.91 Å². The van der Waals surface area contributed by atoms with Crippen molar-refractivity contribution >= 4 is 11.8 Å². The maximum Gasteiger partial charge on any atom is 0.253 e. The van der Waals surface area contributed by atoms with Crippen LogP contribution in [-0.4, -0.2) is 49.6 Å². The summed E-state index contributed by atoms with van der Waals surface area (Å²) in [5, 5.41) is 2.91. The molecule has 1 saturated heterocycles. The molecule has 1 atom stereocenters. The van der Waals surface area contributed by atoms with Crippen molar-refractivity contribution in [3.05, 3.63) is 35.6 Å². The van der Waals surface area contributed by atoms with Crippen LogP contribution in [0.25, 0.3) is 0 Å². The van der Waals surface area contributed by atoms with E-state index in [1.54, 1.807) is 4.90 Å². The van der Waals surface area contributed by atoms with E-state index in [4.69, 9.17) is 4.74 Å². The largest absolute Gasteiger partial charge is 0.382 e. The van der Waals surface area contributed by atoms with Gasteiger partial charge in [0.2, 0.25) is 5.91 Å². The van der Waals surface area contributed by atoms with Crippen molar-refractivity contribution in [1.82, 2.24) is 10.2 Å². The van der Waals surface area contributed by atoms with Crippen molar-refractivity contribution in [3.8, 4) is 0 Å². The van der Waals surface area contributed by atoms with E-state index in [0.29, 0.717) is 38.4 Å². The number of amides is 2. The smallest absolute Gasteiger partial charge is 0.253 e. The molecule has 1 aromatic rings. The Labute approximate surface area is 142 Å². The molecule has 0 spiro atoms. The number of benzene rings is 1. The summed E-state index contributed by atoms with van der Waals surface area (Å²) in [6.45, 7) is 4.88. The Hall–Kier alpha value is -1.95. The Bertz CT molecular complexity index is 548. The minimum atomic E-state index is -0.366. The molecular formula is C18H25FN2O3. The van der Waals surface area contributed by atoms with E-state index < -0.39 is 0 Å². The Morgan fingerprint density at radius 1 is 1.33 bits per heavy atom. The quantitative estimate of drug-likeness (QED) is 0.777. The third-order valence-corrected chi connectivity index (χ3v) is 4.14. The first-order valence-electron chi connectivity index (χ1n) is 8.52. The average Bonchev–Trinajstić information content (AvgIpc) is 2.61. The van der Waals surface area contributed by atoms with Crippen molar-refractivity contribution in [3.63, 3.8) is 0 Å². The average molecular weight is 336 g/mol. The van der Waals surface area contributed by atoms with E-state index in [-0.39, 0.29) is 23.5 Å². The number of ether oxygens (including phenoxy) is 1. The summed E-state index contributed by atoms with van der Waals surface area (Å²) in [5.41, 5.74) is 0.453. The summed E-state index contributed by atoms with van der Waals surface area (Å²) >= 11 is 0. The number of piperidine rings is 1. The predicted octanol–water partition coefficient (Wildman–Crippen LogP) is 2.22. The number of nitrogens with zero attached hydrogens (tertiary/aromatic N) is 1. The first-order valence-corrected chi connectivity index (χ1v) is 8.52. The van der Waals surface area contributed by atoms with Gasteiger partial charge in [-0.25, -0.2) is 4.39 Å². The van der Waals surface area contributed by atoms with Crippen LogP contribution in [0.2, 0.25) is 0 Å². The van der Waals surface area contributed by atoms with Crippen molar-refractivity contribution in [2.45, 2.75) is 26.2 Å². The number of rotatable bonds is 7. The van der Waals surface area contributed by atoms with Gasteiger partial charge in [-0.05, 0) is 50.5 Å². The van der Waals surface area contributed by atoms with Crippen molar-refractivity contribution in [2.75, 3.05) is 32.8 Å². The molecule has 6 heteroatoms. The molecule has 2 rings (SSSR count). The summed E-state index contributed by atoms with van der Waals surface area (Å²) in [7, 11) is 0. The Balaban J connectivity index is 1.83. The third kappa shape index (κ3) is 5.30. The molecule has 1 unspecified atom stereocenters. The molecule has 5 nitrogen and oxygen atoms in total. The maximum atomic E-state index is 13.0. The number of hydrogen-bond acceptors (Lipinski definition) is 3. The Kier molecular flexibility index (Phi) is 7.18. The van der Waals surface area contributed by atoms with Crippen LogP contribution < -0.4 is 5.32 Å². The summed E-state index contributed by atoms with van der Waals surface area (Å²) in [4.78, 5) is 26.4. The van der Waals surface area contributed by atoms with Crippen molar-refractivity contribution in [1.29, 1.82) is 0 Å². The summed E-state index contributed by atoms with van der Waals surface area (Å²) in [6, 6.07) is 5.52. The molecule has 1 heterocycles. The molecule has 0 radical (unpaired) electrons. The normalized spacial score (nSPS) is 17.6. The number of carbonyl (C=O) groups is 2. The van der Waals surface area contributed by atoms with Gasteiger partial charge in [-0.3, -0.25) is 9.59 Å². The van der Waals surface area contributed by atoms with E-state index in [0.717, 1.165) is 19.3 Å². The number of hydrogen-bond donors (Lipinski definition) is 1. The second-order valence-electron chi connectivity index (χ2n) is 5.94. The standard InChI is InChI=1S/C18H25FN2O3/c1-2-24-12-4-10-20-17(22)15-5-3-11-21(13-15)18(23)14-6-8-16(19)9-7-14/h6-9,15H,2-5,10-13H2,1H3,(H,20,22). The number of carbonyl (C=O) groups excluding carboxylic acids is 2. The van der Waals surface area contributed by atoms with Crippen LogP contribution in [0.4, 0.5) is 4.39 Å². The van der Waals surface area contributed by atoms with Gasteiger partial charge in [-0.15, -0.1) is 0 Å². The zero-order valence-corrected chi connectivity index (χ0v) is 14.1. The Morgan fingerprint density at radius 3 is 2.79 bits per heavy atom. The van der Waals surface area contributed by atoms with Crippen LogP contribution in [0.15, 0.2) is 24.3 Å². The van der Waals surface area contributed by atoms with E-state index in [9.17, 15) is 14.0 Å². The highest BCUT2D eigenvalue weighted by Gasteiger charge is 2.28. The zero-order valence-electron chi connectivity index (χ0n) is 14.1. The molecule has 0 bridgehead atoms. The molecular weight excluding hydrogens is 311 g/mol. The van der Waals surface area contributed by atoms with E-state index in [1.807, 2.05) is 6.92 Å². The summed E-state index contributed by atoms with van der Waals surface area (Å²) in [6.07, 6.45) is 2.36. The van der Waals surface area contributed by atoms with E-state index >= 15 is 0 Å². The van der Waals surface area contributed by atoms with Gasteiger partial charge in [0.15, 0.2) is 0 Å². The fourth-order valence-corrected chi connectivity index (χ4v) is 2.83. The number of likely N-dealkylation sites (tertiary alicyclic amines) is 1. The molecule has 0 saturated carbocycles. The SMILES string of the molecule is CCOCCCNC(=O)C1CCCN(C(=O)c2ccc(F)cc2)C1.